The van der Waals surface area contributed by atoms with Crippen molar-refractivity contribution in [3.63, 3.8) is 0 Å². The van der Waals surface area contributed by atoms with Gasteiger partial charge in [-0.2, -0.15) is 0 Å². The third-order valence-electron chi connectivity index (χ3n) is 2.83. The van der Waals surface area contributed by atoms with Crippen molar-refractivity contribution in [1.29, 1.82) is 0 Å². The SMILES string of the molecule is CCOC(=O)Nc1ccc(NC(C)c2ccoc2)cc1. The number of carbonyl (C=O) groups is 1. The summed E-state index contributed by atoms with van der Waals surface area (Å²) in [6.45, 7) is 4.17. The maximum absolute atomic E-state index is 11.3. The lowest BCUT2D eigenvalue weighted by Crippen LogP contribution is -2.13. The van der Waals surface area contributed by atoms with Gasteiger partial charge in [0.05, 0.1) is 25.2 Å². The highest BCUT2D eigenvalue weighted by molar-refractivity contribution is 5.84. The maximum Gasteiger partial charge on any atom is 0.411 e. The van der Waals surface area contributed by atoms with Gasteiger partial charge in [0.15, 0.2) is 0 Å². The summed E-state index contributed by atoms with van der Waals surface area (Å²) < 4.78 is 9.87. The third kappa shape index (κ3) is 3.78. The topological polar surface area (TPSA) is 63.5 Å². The van der Waals surface area contributed by atoms with Gasteiger partial charge in [-0.05, 0) is 44.2 Å². The van der Waals surface area contributed by atoms with Crippen LogP contribution >= 0.6 is 0 Å². The van der Waals surface area contributed by atoms with Gasteiger partial charge in [-0.1, -0.05) is 0 Å². The number of hydrogen-bond donors (Lipinski definition) is 2. The fourth-order valence-corrected chi connectivity index (χ4v) is 1.79. The van der Waals surface area contributed by atoms with Crippen molar-refractivity contribution < 1.29 is 13.9 Å². The van der Waals surface area contributed by atoms with Crippen molar-refractivity contribution >= 4 is 17.5 Å². The van der Waals surface area contributed by atoms with E-state index in [0.717, 1.165) is 11.3 Å². The lowest BCUT2D eigenvalue weighted by molar-refractivity contribution is 0.168. The molecule has 1 unspecified atom stereocenters. The summed E-state index contributed by atoms with van der Waals surface area (Å²) in [5.74, 6) is 0. The molecular formula is C15H18N2O3. The molecule has 20 heavy (non-hydrogen) atoms. The van der Waals surface area contributed by atoms with E-state index in [1.54, 1.807) is 19.5 Å². The van der Waals surface area contributed by atoms with Crippen molar-refractivity contribution in [1.82, 2.24) is 0 Å². The van der Waals surface area contributed by atoms with E-state index in [4.69, 9.17) is 9.15 Å². The Morgan fingerprint density at radius 3 is 2.55 bits per heavy atom. The third-order valence-corrected chi connectivity index (χ3v) is 2.83. The molecule has 5 nitrogen and oxygen atoms in total. The summed E-state index contributed by atoms with van der Waals surface area (Å²) in [7, 11) is 0. The number of anilines is 2. The standard InChI is InChI=1S/C15H18N2O3/c1-3-20-15(18)17-14-6-4-13(5-7-14)16-11(2)12-8-9-19-10-12/h4-11,16H,3H2,1-2H3,(H,17,18). The van der Waals surface area contributed by atoms with Crippen LogP contribution in [0, 0.1) is 0 Å². The zero-order valence-corrected chi connectivity index (χ0v) is 11.6. The summed E-state index contributed by atoms with van der Waals surface area (Å²) in [6, 6.07) is 9.52. The second kappa shape index (κ2) is 6.65. The minimum atomic E-state index is -0.444. The van der Waals surface area contributed by atoms with E-state index < -0.39 is 6.09 Å². The second-order valence-corrected chi connectivity index (χ2v) is 4.35. The Kier molecular flexibility index (Phi) is 4.65. The molecule has 5 heteroatoms. The average molecular weight is 274 g/mol. The molecule has 0 saturated heterocycles. The number of nitrogens with one attached hydrogen (secondary N) is 2. The molecule has 0 fully saturated rings. The first-order chi connectivity index (χ1) is 9.69. The molecule has 106 valence electrons. The van der Waals surface area contributed by atoms with Crippen LogP contribution in [-0.4, -0.2) is 12.7 Å². The first-order valence-electron chi connectivity index (χ1n) is 6.51. The molecule has 0 aliphatic carbocycles. The van der Waals surface area contributed by atoms with Crippen LogP contribution in [-0.2, 0) is 4.74 Å². The molecule has 0 spiro atoms. The quantitative estimate of drug-likeness (QED) is 0.864. The molecule has 2 rings (SSSR count). The van der Waals surface area contributed by atoms with E-state index in [2.05, 4.69) is 17.6 Å². The van der Waals surface area contributed by atoms with E-state index in [1.807, 2.05) is 30.3 Å². The van der Waals surface area contributed by atoms with Gasteiger partial charge in [0, 0.05) is 16.9 Å². The highest BCUT2D eigenvalue weighted by Crippen LogP contribution is 2.21. The predicted octanol–water partition coefficient (Wildman–Crippen LogP) is 4.02. The molecule has 2 aromatic rings. The highest BCUT2D eigenvalue weighted by atomic mass is 16.5. The molecule has 1 atom stereocenters. The Balaban J connectivity index is 1.93. The molecule has 0 aliphatic heterocycles. The van der Waals surface area contributed by atoms with Crippen LogP contribution in [0.2, 0.25) is 0 Å². The molecule has 0 saturated carbocycles. The van der Waals surface area contributed by atoms with Crippen LogP contribution in [0.4, 0.5) is 16.2 Å². The van der Waals surface area contributed by atoms with Crippen molar-refractivity contribution in [2.24, 2.45) is 0 Å². The molecule has 1 aromatic heterocycles. The van der Waals surface area contributed by atoms with Crippen molar-refractivity contribution in [3.05, 3.63) is 48.4 Å². The summed E-state index contributed by atoms with van der Waals surface area (Å²) >= 11 is 0. The minimum absolute atomic E-state index is 0.151. The highest BCUT2D eigenvalue weighted by Gasteiger charge is 2.07. The van der Waals surface area contributed by atoms with E-state index in [0.29, 0.717) is 12.3 Å². The first-order valence-corrected chi connectivity index (χ1v) is 6.51. The lowest BCUT2D eigenvalue weighted by atomic mass is 10.1. The van der Waals surface area contributed by atoms with Crippen molar-refractivity contribution in [2.75, 3.05) is 17.2 Å². The van der Waals surface area contributed by atoms with E-state index in [1.165, 1.54) is 0 Å². The molecular weight excluding hydrogens is 256 g/mol. The van der Waals surface area contributed by atoms with Crippen LogP contribution in [0.15, 0.2) is 47.3 Å². The van der Waals surface area contributed by atoms with E-state index in [-0.39, 0.29) is 6.04 Å². The Morgan fingerprint density at radius 2 is 1.95 bits per heavy atom. The molecule has 1 aromatic carbocycles. The van der Waals surface area contributed by atoms with Crippen molar-refractivity contribution in [2.45, 2.75) is 19.9 Å². The zero-order chi connectivity index (χ0) is 14.4. The number of ether oxygens (including phenoxy) is 1. The Labute approximate surface area is 117 Å². The van der Waals surface area contributed by atoms with Gasteiger partial charge in [-0.15, -0.1) is 0 Å². The second-order valence-electron chi connectivity index (χ2n) is 4.35. The summed E-state index contributed by atoms with van der Waals surface area (Å²) in [6.07, 6.45) is 2.92. The summed E-state index contributed by atoms with van der Waals surface area (Å²) in [4.78, 5) is 11.3. The number of amides is 1. The molecule has 1 heterocycles. The van der Waals surface area contributed by atoms with Gasteiger partial charge in [-0.25, -0.2) is 4.79 Å². The smallest absolute Gasteiger partial charge is 0.411 e. The van der Waals surface area contributed by atoms with Gasteiger partial charge >= 0.3 is 6.09 Å². The predicted molar refractivity (Wildman–Crippen MR) is 77.8 cm³/mol. The average Bonchev–Trinajstić information content (AvgIpc) is 2.95. The van der Waals surface area contributed by atoms with Crippen LogP contribution in [0.25, 0.3) is 0 Å². The van der Waals surface area contributed by atoms with Gasteiger partial charge in [0.1, 0.15) is 0 Å². The zero-order valence-electron chi connectivity index (χ0n) is 11.6. The fourth-order valence-electron chi connectivity index (χ4n) is 1.79. The van der Waals surface area contributed by atoms with Crippen LogP contribution in [0.3, 0.4) is 0 Å². The molecule has 0 bridgehead atoms. The van der Waals surface area contributed by atoms with Crippen LogP contribution in [0.1, 0.15) is 25.5 Å². The molecule has 0 aliphatic rings. The van der Waals surface area contributed by atoms with Gasteiger partial charge in [0.2, 0.25) is 0 Å². The lowest BCUT2D eigenvalue weighted by Gasteiger charge is -2.14. The Hall–Kier alpha value is -2.43. The van der Waals surface area contributed by atoms with E-state index in [9.17, 15) is 4.79 Å². The van der Waals surface area contributed by atoms with E-state index >= 15 is 0 Å². The minimum Gasteiger partial charge on any atom is -0.472 e. The van der Waals surface area contributed by atoms with Crippen molar-refractivity contribution in [3.8, 4) is 0 Å². The van der Waals surface area contributed by atoms with Crippen LogP contribution < -0.4 is 10.6 Å². The largest absolute Gasteiger partial charge is 0.472 e. The van der Waals surface area contributed by atoms with Gasteiger partial charge < -0.3 is 14.5 Å². The summed E-state index contributed by atoms with van der Waals surface area (Å²) in [5.41, 5.74) is 2.75. The molecule has 0 radical (unpaired) electrons. The maximum atomic E-state index is 11.3. The van der Waals surface area contributed by atoms with Gasteiger partial charge in [-0.3, -0.25) is 5.32 Å². The Bertz CT molecular complexity index is 535. The van der Waals surface area contributed by atoms with Gasteiger partial charge in [0.25, 0.3) is 0 Å². The number of furan rings is 1. The molecule has 1 amide bonds. The number of hydrogen-bond acceptors (Lipinski definition) is 4. The molecule has 2 N–H and O–H groups in total. The number of rotatable bonds is 5. The summed E-state index contributed by atoms with van der Waals surface area (Å²) in [5, 5.41) is 5.99. The normalized spacial score (nSPS) is 11.7. The monoisotopic (exact) mass is 274 g/mol. The number of benzene rings is 1. The first kappa shape index (κ1) is 14.0. The fraction of sp³-hybridized carbons (Fsp3) is 0.267. The number of carbonyl (C=O) groups excluding carboxylic acids is 1. The Morgan fingerprint density at radius 1 is 1.25 bits per heavy atom. The van der Waals surface area contributed by atoms with Crippen LogP contribution in [0.5, 0.6) is 0 Å².